The van der Waals surface area contributed by atoms with Gasteiger partial charge in [0, 0.05) is 19.7 Å². The number of phenolic OH excluding ortho intramolecular Hbond substituents is 1. The average Bonchev–Trinajstić information content (AvgIpc) is 3.09. The van der Waals surface area contributed by atoms with Crippen LogP contribution in [0, 0.1) is 24.4 Å². The van der Waals surface area contributed by atoms with Crippen LogP contribution in [-0.2, 0) is 16.1 Å². The van der Waals surface area contributed by atoms with E-state index in [4.69, 9.17) is 4.74 Å². The number of hydrogen-bond donors (Lipinski definition) is 1. The Morgan fingerprint density at radius 1 is 1.17 bits per heavy atom. The van der Waals surface area contributed by atoms with E-state index in [-0.39, 0.29) is 24.8 Å². The Morgan fingerprint density at radius 2 is 1.87 bits per heavy atom. The fourth-order valence-electron chi connectivity index (χ4n) is 2.59. The van der Waals surface area contributed by atoms with Gasteiger partial charge in [0.2, 0.25) is 11.7 Å². The highest BCUT2D eigenvalue weighted by Gasteiger charge is 2.21. The van der Waals surface area contributed by atoms with E-state index >= 15 is 0 Å². The molecule has 0 aliphatic rings. The van der Waals surface area contributed by atoms with Crippen molar-refractivity contribution in [2.75, 3.05) is 20.7 Å². The van der Waals surface area contributed by atoms with Crippen molar-refractivity contribution in [1.82, 2.24) is 14.9 Å². The van der Waals surface area contributed by atoms with E-state index in [0.29, 0.717) is 27.3 Å². The van der Waals surface area contributed by atoms with Gasteiger partial charge in [-0.15, -0.1) is 11.3 Å². The maximum Gasteiger partial charge on any atom is 0.248 e. The quantitative estimate of drug-likeness (QED) is 0.592. The zero-order chi connectivity index (χ0) is 22.0. The molecule has 0 atom stereocenters. The van der Waals surface area contributed by atoms with Crippen molar-refractivity contribution in [1.29, 1.82) is 0 Å². The van der Waals surface area contributed by atoms with Crippen LogP contribution in [0.15, 0.2) is 24.3 Å². The lowest BCUT2D eigenvalue weighted by atomic mass is 10.1. The van der Waals surface area contributed by atoms with Gasteiger partial charge in [-0.05, 0) is 25.1 Å². The van der Waals surface area contributed by atoms with Crippen molar-refractivity contribution in [3.63, 3.8) is 0 Å². The molecule has 0 saturated heterocycles. The van der Waals surface area contributed by atoms with Crippen LogP contribution in [0.5, 0.6) is 5.75 Å². The molecule has 3 aromatic rings. The molecule has 2 heterocycles. The number of carbonyl (C=O) groups excluding carboxylic acids is 1. The molecule has 2 aromatic heterocycles. The molecule has 30 heavy (non-hydrogen) atoms. The number of hydrogen-bond acceptors (Lipinski definition) is 6. The Morgan fingerprint density at radius 3 is 2.57 bits per heavy atom. The smallest absolute Gasteiger partial charge is 0.248 e. The van der Waals surface area contributed by atoms with Crippen molar-refractivity contribution in [2.24, 2.45) is 0 Å². The number of nitrogens with zero attached hydrogens (tertiary/aromatic N) is 3. The Labute approximate surface area is 174 Å². The van der Waals surface area contributed by atoms with Crippen LogP contribution in [-0.4, -0.2) is 46.6 Å². The summed E-state index contributed by atoms with van der Waals surface area (Å²) in [5, 5.41) is 9.83. The third kappa shape index (κ3) is 4.44. The van der Waals surface area contributed by atoms with Gasteiger partial charge in [0.15, 0.2) is 17.4 Å². The fourth-order valence-corrected chi connectivity index (χ4v) is 3.56. The predicted octanol–water partition coefficient (Wildman–Crippen LogP) is 3.91. The van der Waals surface area contributed by atoms with Crippen LogP contribution in [0.3, 0.4) is 0 Å². The molecule has 3 rings (SSSR count). The molecule has 0 saturated carbocycles. The minimum atomic E-state index is -1.67. The number of rotatable bonds is 6. The lowest BCUT2D eigenvalue weighted by Gasteiger charge is -2.09. The van der Waals surface area contributed by atoms with Gasteiger partial charge in [-0.2, -0.15) is 4.39 Å². The summed E-state index contributed by atoms with van der Waals surface area (Å²) in [6, 6.07) is 5.34. The maximum absolute atomic E-state index is 14.2. The predicted molar refractivity (Wildman–Crippen MR) is 105 cm³/mol. The maximum atomic E-state index is 14.2. The topological polar surface area (TPSA) is 75.5 Å². The van der Waals surface area contributed by atoms with Crippen molar-refractivity contribution >= 4 is 17.2 Å². The first-order valence-corrected chi connectivity index (χ1v) is 9.59. The van der Waals surface area contributed by atoms with E-state index in [1.54, 1.807) is 33.2 Å². The molecule has 158 valence electrons. The van der Waals surface area contributed by atoms with Crippen molar-refractivity contribution in [2.45, 2.75) is 13.5 Å². The van der Waals surface area contributed by atoms with E-state index in [0.717, 1.165) is 0 Å². The second kappa shape index (κ2) is 8.80. The van der Waals surface area contributed by atoms with Crippen molar-refractivity contribution in [3.05, 3.63) is 52.4 Å². The number of likely N-dealkylation sites (N-methyl/N-ethyl adjacent to an activating group) is 1. The highest BCUT2D eigenvalue weighted by Crippen LogP contribution is 2.34. The Balaban J connectivity index is 1.87. The third-order valence-corrected chi connectivity index (χ3v) is 5.34. The van der Waals surface area contributed by atoms with Gasteiger partial charge >= 0.3 is 0 Å². The molecule has 0 radical (unpaired) electrons. The fraction of sp³-hybridized carbons (Fsp3) is 0.250. The van der Waals surface area contributed by atoms with E-state index in [1.807, 2.05) is 0 Å². The zero-order valence-corrected chi connectivity index (χ0v) is 17.2. The number of benzene rings is 1. The zero-order valence-electron chi connectivity index (χ0n) is 16.4. The second-order valence-corrected chi connectivity index (χ2v) is 7.68. The number of aryl methyl sites for hydroxylation is 1. The number of carbonyl (C=O) groups is 1. The first-order valence-electron chi connectivity index (χ1n) is 8.77. The second-order valence-electron chi connectivity index (χ2n) is 6.59. The van der Waals surface area contributed by atoms with Gasteiger partial charge in [0.05, 0.1) is 28.6 Å². The minimum absolute atomic E-state index is 0.00461. The summed E-state index contributed by atoms with van der Waals surface area (Å²) in [6.45, 7) is 1.81. The number of ether oxygens (including phenoxy) is 1. The molecule has 0 aliphatic carbocycles. The molecule has 0 aliphatic heterocycles. The average molecular weight is 437 g/mol. The number of pyridine rings is 1. The Hall–Kier alpha value is -2.98. The van der Waals surface area contributed by atoms with Gasteiger partial charge in [0.1, 0.15) is 11.6 Å². The normalized spacial score (nSPS) is 11.0. The van der Waals surface area contributed by atoms with Crippen molar-refractivity contribution < 1.29 is 27.8 Å². The Bertz CT molecular complexity index is 1100. The molecule has 10 heteroatoms. The van der Waals surface area contributed by atoms with E-state index in [9.17, 15) is 23.1 Å². The van der Waals surface area contributed by atoms with E-state index in [2.05, 4.69) is 9.97 Å². The summed E-state index contributed by atoms with van der Waals surface area (Å²) in [4.78, 5) is 22.4. The first-order chi connectivity index (χ1) is 14.2. The number of amides is 1. The molecule has 6 nitrogen and oxygen atoms in total. The summed E-state index contributed by atoms with van der Waals surface area (Å²) in [7, 11) is 3.26. The summed E-state index contributed by atoms with van der Waals surface area (Å²) >= 11 is 1.28. The molecule has 0 fully saturated rings. The van der Waals surface area contributed by atoms with Gasteiger partial charge in [-0.1, -0.05) is 6.07 Å². The number of aromatic nitrogens is 2. The minimum Gasteiger partial charge on any atom is -0.503 e. The van der Waals surface area contributed by atoms with Crippen LogP contribution < -0.4 is 0 Å². The van der Waals surface area contributed by atoms with Crippen LogP contribution in [0.1, 0.15) is 10.7 Å². The van der Waals surface area contributed by atoms with E-state index in [1.165, 1.54) is 22.3 Å². The van der Waals surface area contributed by atoms with Gasteiger partial charge in [0.25, 0.3) is 0 Å². The highest BCUT2D eigenvalue weighted by molar-refractivity contribution is 7.15. The van der Waals surface area contributed by atoms with Crippen molar-refractivity contribution in [3.8, 4) is 27.6 Å². The molecule has 0 unspecified atom stereocenters. The van der Waals surface area contributed by atoms with Crippen LogP contribution >= 0.6 is 11.3 Å². The first kappa shape index (κ1) is 21.7. The lowest BCUT2D eigenvalue weighted by Crippen LogP contribution is -2.26. The van der Waals surface area contributed by atoms with Gasteiger partial charge in [-0.25, -0.2) is 18.7 Å². The Kier molecular flexibility index (Phi) is 6.37. The van der Waals surface area contributed by atoms with Gasteiger partial charge < -0.3 is 14.7 Å². The lowest BCUT2D eigenvalue weighted by molar-refractivity contribution is -0.133. The number of thiazole rings is 1. The molecular formula is C20H18F3N3O3S. The summed E-state index contributed by atoms with van der Waals surface area (Å²) < 4.78 is 47.0. The molecule has 0 spiro atoms. The molecular weight excluding hydrogens is 419 g/mol. The molecule has 1 amide bonds. The summed E-state index contributed by atoms with van der Waals surface area (Å²) in [5.41, 5.74) is 0.680. The summed E-state index contributed by atoms with van der Waals surface area (Å²) in [6.07, 6.45) is 0. The van der Waals surface area contributed by atoms with E-state index < -0.39 is 28.8 Å². The SMILES string of the molecule is Cc1nc(COCC(=O)N(C)C)sc1-c1cccc(-c2cc(F)c(O)c(F)c2F)n1. The molecule has 0 bridgehead atoms. The van der Waals surface area contributed by atoms with Crippen LogP contribution in [0.25, 0.3) is 21.8 Å². The number of phenols is 1. The summed E-state index contributed by atoms with van der Waals surface area (Å²) in [5.74, 6) is -5.88. The molecule has 1 N–H and O–H groups in total. The van der Waals surface area contributed by atoms with Crippen LogP contribution in [0.4, 0.5) is 13.2 Å². The standard InChI is InChI=1S/C20H18F3N3O3S/c1-10-20(30-15(24-10)8-29-9-16(27)26(2)3)14-6-4-5-13(25-14)11-7-12(21)19(28)18(23)17(11)22/h4-7,28H,8-9H2,1-3H3. The monoisotopic (exact) mass is 437 g/mol. The van der Waals surface area contributed by atoms with Gasteiger partial charge in [-0.3, -0.25) is 4.79 Å². The number of halogens is 3. The number of aromatic hydroxyl groups is 1. The molecule has 1 aromatic carbocycles. The largest absolute Gasteiger partial charge is 0.503 e. The third-order valence-electron chi connectivity index (χ3n) is 4.18. The highest BCUT2D eigenvalue weighted by atomic mass is 32.1. The van der Waals surface area contributed by atoms with Crippen LogP contribution in [0.2, 0.25) is 0 Å².